The first-order valence-electron chi connectivity index (χ1n) is 9.74. The molecule has 152 valence electrons. The molecular formula is C23H25ClN2O3. The predicted molar refractivity (Wildman–Crippen MR) is 117 cm³/mol. The molecule has 0 atom stereocenters. The average molecular weight is 413 g/mol. The third kappa shape index (κ3) is 5.61. The van der Waals surface area contributed by atoms with Gasteiger partial charge < -0.3 is 15.4 Å². The van der Waals surface area contributed by atoms with Crippen LogP contribution in [0.3, 0.4) is 0 Å². The Morgan fingerprint density at radius 3 is 2.59 bits per heavy atom. The molecule has 0 aliphatic heterocycles. The fourth-order valence-corrected chi connectivity index (χ4v) is 3.56. The molecule has 0 aromatic heterocycles. The van der Waals surface area contributed by atoms with Crippen molar-refractivity contribution in [3.05, 3.63) is 64.2 Å². The van der Waals surface area contributed by atoms with Gasteiger partial charge in [0, 0.05) is 18.1 Å². The summed E-state index contributed by atoms with van der Waals surface area (Å²) in [4.78, 5) is 24.3. The van der Waals surface area contributed by atoms with E-state index in [1.165, 1.54) is 32.0 Å². The first-order chi connectivity index (χ1) is 14.0. The maximum Gasteiger partial charge on any atom is 0.253 e. The van der Waals surface area contributed by atoms with Crippen molar-refractivity contribution in [1.82, 2.24) is 5.32 Å². The van der Waals surface area contributed by atoms with Crippen LogP contribution in [0.5, 0.6) is 5.75 Å². The normalized spacial score (nSPS) is 14.2. The monoisotopic (exact) mass is 412 g/mol. The summed E-state index contributed by atoms with van der Waals surface area (Å²) in [7, 11) is 1.52. The standard InChI is InChI=1S/C23H25ClN2O3/c1-15-13-16(7-11-21(15)29-18-5-3-4-6-18)8-12-22(27)26-20-10-9-17(24)14-19(20)23(28)25-2/h7-14,18H,3-6H2,1-2H3,(H,25,28)(H,26,27)/b12-8+. The number of hydrogen-bond donors (Lipinski definition) is 2. The van der Waals surface area contributed by atoms with Gasteiger partial charge in [0.2, 0.25) is 5.91 Å². The van der Waals surface area contributed by atoms with Gasteiger partial charge in [0.1, 0.15) is 5.75 Å². The fourth-order valence-electron chi connectivity index (χ4n) is 3.39. The maximum absolute atomic E-state index is 12.3. The first kappa shape index (κ1) is 20.9. The lowest BCUT2D eigenvalue weighted by molar-refractivity contribution is -0.111. The number of rotatable bonds is 6. The number of carbonyl (C=O) groups excluding carboxylic acids is 2. The lowest BCUT2D eigenvalue weighted by atomic mass is 10.1. The Labute approximate surface area is 176 Å². The Morgan fingerprint density at radius 2 is 1.90 bits per heavy atom. The zero-order chi connectivity index (χ0) is 20.8. The molecule has 0 saturated heterocycles. The van der Waals surface area contributed by atoms with Crippen LogP contribution in [0.15, 0.2) is 42.5 Å². The number of benzene rings is 2. The molecule has 2 N–H and O–H groups in total. The van der Waals surface area contributed by atoms with Crippen LogP contribution in [0.25, 0.3) is 6.08 Å². The molecule has 5 nitrogen and oxygen atoms in total. The van der Waals surface area contributed by atoms with Gasteiger partial charge in [-0.2, -0.15) is 0 Å². The molecule has 0 heterocycles. The first-order valence-corrected chi connectivity index (χ1v) is 10.1. The van der Waals surface area contributed by atoms with Crippen molar-refractivity contribution in [3.63, 3.8) is 0 Å². The van der Waals surface area contributed by atoms with Crippen molar-refractivity contribution in [2.24, 2.45) is 0 Å². The Morgan fingerprint density at radius 1 is 1.14 bits per heavy atom. The average Bonchev–Trinajstić information content (AvgIpc) is 3.22. The number of ether oxygens (including phenoxy) is 1. The summed E-state index contributed by atoms with van der Waals surface area (Å²) in [6.45, 7) is 2.01. The van der Waals surface area contributed by atoms with E-state index in [0.717, 1.165) is 29.7 Å². The zero-order valence-corrected chi connectivity index (χ0v) is 17.4. The van der Waals surface area contributed by atoms with E-state index in [-0.39, 0.29) is 11.8 Å². The van der Waals surface area contributed by atoms with E-state index in [1.807, 2.05) is 25.1 Å². The number of aryl methyl sites for hydroxylation is 1. The Bertz CT molecular complexity index is 934. The highest BCUT2D eigenvalue weighted by Crippen LogP contribution is 2.27. The lowest BCUT2D eigenvalue weighted by Gasteiger charge is -2.15. The van der Waals surface area contributed by atoms with Gasteiger partial charge in [-0.3, -0.25) is 9.59 Å². The van der Waals surface area contributed by atoms with Crippen LogP contribution in [0.2, 0.25) is 5.02 Å². The third-order valence-electron chi connectivity index (χ3n) is 4.93. The van der Waals surface area contributed by atoms with Gasteiger partial charge in [-0.05, 0) is 80.1 Å². The number of hydrogen-bond acceptors (Lipinski definition) is 3. The summed E-state index contributed by atoms with van der Waals surface area (Å²) >= 11 is 5.96. The third-order valence-corrected chi connectivity index (χ3v) is 5.17. The summed E-state index contributed by atoms with van der Waals surface area (Å²) in [5.74, 6) is 0.247. The summed E-state index contributed by atoms with van der Waals surface area (Å²) in [6, 6.07) is 10.6. The highest BCUT2D eigenvalue weighted by Gasteiger charge is 2.17. The smallest absolute Gasteiger partial charge is 0.253 e. The van der Waals surface area contributed by atoms with Crippen LogP contribution in [0, 0.1) is 6.92 Å². The van der Waals surface area contributed by atoms with Gasteiger partial charge in [0.25, 0.3) is 5.91 Å². The van der Waals surface area contributed by atoms with Gasteiger partial charge in [-0.15, -0.1) is 0 Å². The summed E-state index contributed by atoms with van der Waals surface area (Å²) in [5.41, 5.74) is 2.66. The minimum atomic E-state index is -0.332. The number of halogens is 1. The van der Waals surface area contributed by atoms with Crippen LogP contribution in [0.1, 0.15) is 47.2 Å². The summed E-state index contributed by atoms with van der Waals surface area (Å²) < 4.78 is 6.07. The molecule has 2 aromatic carbocycles. The Hall–Kier alpha value is -2.79. The topological polar surface area (TPSA) is 67.4 Å². The van der Waals surface area contributed by atoms with E-state index in [1.54, 1.807) is 18.2 Å². The summed E-state index contributed by atoms with van der Waals surface area (Å²) in [5, 5.41) is 5.69. The van der Waals surface area contributed by atoms with Gasteiger partial charge in [0.05, 0.1) is 17.4 Å². The summed E-state index contributed by atoms with van der Waals surface area (Å²) in [6.07, 6.45) is 8.18. The number of carbonyl (C=O) groups is 2. The molecule has 1 aliphatic rings. The van der Waals surface area contributed by atoms with Crippen LogP contribution >= 0.6 is 11.6 Å². The molecule has 1 fully saturated rings. The van der Waals surface area contributed by atoms with Gasteiger partial charge in [-0.25, -0.2) is 0 Å². The molecule has 0 bridgehead atoms. The zero-order valence-electron chi connectivity index (χ0n) is 16.6. The second kappa shape index (κ2) is 9.61. The molecule has 0 spiro atoms. The minimum absolute atomic E-state index is 0.311. The van der Waals surface area contributed by atoms with E-state index >= 15 is 0 Å². The highest BCUT2D eigenvalue weighted by atomic mass is 35.5. The number of anilines is 1. The molecule has 0 unspecified atom stereocenters. The molecule has 1 saturated carbocycles. The number of amides is 2. The van der Waals surface area contributed by atoms with E-state index in [9.17, 15) is 9.59 Å². The van der Waals surface area contributed by atoms with E-state index < -0.39 is 0 Å². The maximum atomic E-state index is 12.3. The van der Waals surface area contributed by atoms with E-state index in [0.29, 0.717) is 22.4 Å². The van der Waals surface area contributed by atoms with Crippen molar-refractivity contribution in [3.8, 4) is 5.75 Å². The van der Waals surface area contributed by atoms with E-state index in [4.69, 9.17) is 16.3 Å². The molecule has 29 heavy (non-hydrogen) atoms. The van der Waals surface area contributed by atoms with Crippen molar-refractivity contribution in [1.29, 1.82) is 0 Å². The molecule has 2 aromatic rings. The lowest BCUT2D eigenvalue weighted by Crippen LogP contribution is -2.20. The van der Waals surface area contributed by atoms with Crippen LogP contribution < -0.4 is 15.4 Å². The second-order valence-electron chi connectivity index (χ2n) is 7.14. The van der Waals surface area contributed by atoms with Gasteiger partial charge in [0.15, 0.2) is 0 Å². The molecular weight excluding hydrogens is 388 g/mol. The van der Waals surface area contributed by atoms with Gasteiger partial charge >= 0.3 is 0 Å². The van der Waals surface area contributed by atoms with Crippen molar-refractivity contribution >= 4 is 35.2 Å². The Kier molecular flexibility index (Phi) is 6.94. The van der Waals surface area contributed by atoms with Gasteiger partial charge in [-0.1, -0.05) is 17.7 Å². The fraction of sp³-hybridized carbons (Fsp3) is 0.304. The molecule has 2 amide bonds. The Balaban J connectivity index is 1.66. The van der Waals surface area contributed by atoms with Crippen LogP contribution in [-0.2, 0) is 4.79 Å². The van der Waals surface area contributed by atoms with Crippen LogP contribution in [0.4, 0.5) is 5.69 Å². The van der Waals surface area contributed by atoms with Crippen molar-refractivity contribution in [2.45, 2.75) is 38.7 Å². The second-order valence-corrected chi connectivity index (χ2v) is 7.58. The largest absolute Gasteiger partial charge is 0.490 e. The highest BCUT2D eigenvalue weighted by molar-refractivity contribution is 6.31. The number of nitrogens with one attached hydrogen (secondary N) is 2. The quantitative estimate of drug-likeness (QED) is 0.657. The SMILES string of the molecule is CNC(=O)c1cc(Cl)ccc1NC(=O)/C=C/c1ccc(OC2CCCC2)c(C)c1. The minimum Gasteiger partial charge on any atom is -0.490 e. The molecule has 0 radical (unpaired) electrons. The predicted octanol–water partition coefficient (Wildman–Crippen LogP) is 4.98. The van der Waals surface area contributed by atoms with Crippen molar-refractivity contribution < 1.29 is 14.3 Å². The molecule has 3 rings (SSSR count). The molecule has 1 aliphatic carbocycles. The van der Waals surface area contributed by atoms with Crippen LogP contribution in [-0.4, -0.2) is 25.0 Å². The van der Waals surface area contributed by atoms with E-state index in [2.05, 4.69) is 10.6 Å². The van der Waals surface area contributed by atoms with Crippen molar-refractivity contribution in [2.75, 3.05) is 12.4 Å². The molecule has 6 heteroatoms.